The number of aliphatic hydroxyl groups excluding tert-OH is 1. The molecule has 1 N–H and O–H groups in total. The van der Waals surface area contributed by atoms with E-state index in [4.69, 9.17) is 0 Å². The van der Waals surface area contributed by atoms with Gasteiger partial charge in [0.2, 0.25) is 0 Å². The van der Waals surface area contributed by atoms with E-state index in [9.17, 15) is 5.11 Å². The number of nitrogens with zero attached hydrogens (tertiary/aromatic N) is 2. The number of benzene rings is 1. The van der Waals surface area contributed by atoms with Crippen LogP contribution in [0.25, 0.3) is 11.3 Å². The molecule has 2 unspecified atom stereocenters. The van der Waals surface area contributed by atoms with Crippen LogP contribution in [0.15, 0.2) is 36.8 Å². The third kappa shape index (κ3) is 2.64. The zero-order chi connectivity index (χ0) is 17.0. The van der Waals surface area contributed by atoms with Crippen LogP contribution >= 0.6 is 0 Å². The van der Waals surface area contributed by atoms with Gasteiger partial charge in [0.15, 0.2) is 0 Å². The highest BCUT2D eigenvalue weighted by Gasteiger charge is 2.39. The summed E-state index contributed by atoms with van der Waals surface area (Å²) in [6, 6.07) is 8.85. The number of rotatable bonds is 3. The molecule has 3 nitrogen and oxygen atoms in total. The van der Waals surface area contributed by atoms with Crippen LogP contribution in [0.4, 0.5) is 0 Å². The van der Waals surface area contributed by atoms with Crippen molar-refractivity contribution < 1.29 is 5.11 Å². The summed E-state index contributed by atoms with van der Waals surface area (Å²) >= 11 is 0. The molecule has 132 valence electrons. The van der Waals surface area contributed by atoms with E-state index in [1.165, 1.54) is 48.9 Å². The molecule has 2 heterocycles. The molecule has 5 rings (SSSR count). The molecule has 1 aliphatic heterocycles. The normalized spacial score (nSPS) is 34.4. The van der Waals surface area contributed by atoms with Gasteiger partial charge in [0.05, 0.1) is 30.4 Å². The lowest BCUT2D eigenvalue weighted by molar-refractivity contribution is 0.0122. The maximum Gasteiger partial charge on any atom is 0.0956 e. The summed E-state index contributed by atoms with van der Waals surface area (Å²) in [6.45, 7) is 2.41. The molecular weight excluding hydrogens is 308 g/mol. The van der Waals surface area contributed by atoms with Gasteiger partial charge in [-0.1, -0.05) is 31.2 Å². The van der Waals surface area contributed by atoms with Crippen LogP contribution in [0.5, 0.6) is 0 Å². The Morgan fingerprint density at radius 3 is 2.68 bits per heavy atom. The lowest BCUT2D eigenvalue weighted by Gasteiger charge is -2.43. The van der Waals surface area contributed by atoms with Gasteiger partial charge in [-0.2, -0.15) is 0 Å². The first-order chi connectivity index (χ1) is 12.2. The predicted octanol–water partition coefficient (Wildman–Crippen LogP) is 4.67. The van der Waals surface area contributed by atoms with E-state index in [2.05, 4.69) is 40.7 Å². The molecule has 3 heteroatoms. The van der Waals surface area contributed by atoms with Crippen molar-refractivity contribution in [3.05, 3.63) is 42.4 Å². The summed E-state index contributed by atoms with van der Waals surface area (Å²) in [5, 5.41) is 11.1. The second-order valence-corrected chi connectivity index (χ2v) is 8.87. The van der Waals surface area contributed by atoms with Gasteiger partial charge >= 0.3 is 0 Å². The lowest BCUT2D eigenvalue weighted by atomic mass is 9.63. The molecule has 1 aromatic carbocycles. The van der Waals surface area contributed by atoms with Crippen molar-refractivity contribution in [3.8, 4) is 11.3 Å². The van der Waals surface area contributed by atoms with Gasteiger partial charge in [0.1, 0.15) is 0 Å². The highest BCUT2D eigenvalue weighted by Crippen LogP contribution is 2.48. The van der Waals surface area contributed by atoms with E-state index in [-0.39, 0.29) is 12.1 Å². The first kappa shape index (κ1) is 15.6. The van der Waals surface area contributed by atoms with E-state index >= 15 is 0 Å². The van der Waals surface area contributed by atoms with E-state index in [1.54, 1.807) is 0 Å². The van der Waals surface area contributed by atoms with Crippen LogP contribution < -0.4 is 0 Å². The van der Waals surface area contributed by atoms with Crippen molar-refractivity contribution in [2.75, 3.05) is 0 Å². The number of imidazole rings is 1. The molecule has 2 saturated carbocycles. The van der Waals surface area contributed by atoms with Crippen LogP contribution in [-0.2, 0) is 0 Å². The zero-order valence-corrected chi connectivity index (χ0v) is 15.0. The predicted molar refractivity (Wildman–Crippen MR) is 99.1 cm³/mol. The number of aromatic nitrogens is 2. The fourth-order valence-electron chi connectivity index (χ4n) is 6.14. The van der Waals surface area contributed by atoms with E-state index in [0.29, 0.717) is 5.92 Å². The van der Waals surface area contributed by atoms with Crippen LogP contribution in [0, 0.1) is 23.7 Å². The van der Waals surface area contributed by atoms with Crippen molar-refractivity contribution in [2.45, 2.75) is 57.6 Å². The fourth-order valence-corrected chi connectivity index (χ4v) is 6.14. The van der Waals surface area contributed by atoms with Crippen molar-refractivity contribution in [1.82, 2.24) is 9.55 Å². The van der Waals surface area contributed by atoms with E-state index < -0.39 is 0 Å². The lowest BCUT2D eigenvalue weighted by Crippen LogP contribution is -2.36. The summed E-state index contributed by atoms with van der Waals surface area (Å²) in [5.41, 5.74) is 3.83. The quantitative estimate of drug-likeness (QED) is 0.885. The van der Waals surface area contributed by atoms with Gasteiger partial charge in [-0.05, 0) is 67.8 Å². The summed E-state index contributed by atoms with van der Waals surface area (Å²) in [5.74, 6) is 3.07. The summed E-state index contributed by atoms with van der Waals surface area (Å²) in [4.78, 5) is 4.35. The highest BCUT2D eigenvalue weighted by molar-refractivity contribution is 5.68. The molecule has 2 aromatic rings. The Hall–Kier alpha value is -1.61. The Morgan fingerprint density at radius 1 is 1.12 bits per heavy atom. The zero-order valence-electron chi connectivity index (χ0n) is 15.0. The van der Waals surface area contributed by atoms with Crippen molar-refractivity contribution >= 4 is 0 Å². The molecule has 4 atom stereocenters. The van der Waals surface area contributed by atoms with Crippen molar-refractivity contribution in [1.29, 1.82) is 0 Å². The van der Waals surface area contributed by atoms with Gasteiger partial charge in [0.25, 0.3) is 0 Å². The SMILES string of the molecule is CC1CC2CC(C1)CC([C@H](O)C[C@@H]1c3ccccc3-c3cncn31)C2. The number of fused-ring (bicyclic) bond motifs is 5. The Bertz CT molecular complexity index is 749. The minimum Gasteiger partial charge on any atom is -0.393 e. The second-order valence-electron chi connectivity index (χ2n) is 8.87. The average molecular weight is 336 g/mol. The fraction of sp³-hybridized carbons (Fsp3) is 0.591. The van der Waals surface area contributed by atoms with Crippen LogP contribution in [0.1, 0.15) is 57.1 Å². The Morgan fingerprint density at radius 2 is 1.88 bits per heavy atom. The number of hydrogen-bond acceptors (Lipinski definition) is 2. The maximum atomic E-state index is 11.1. The standard InChI is InChI=1S/C22H28N2O/c1-14-6-15-8-16(7-14)10-17(9-15)22(25)11-20-18-4-2-3-5-19(18)21-12-23-13-24(20)21/h2-5,12-17,20,22,25H,6-11H2,1H3/t14?,15?,16?,17?,20-,22-/m1/s1. The third-order valence-corrected chi connectivity index (χ3v) is 7.02. The number of aliphatic hydroxyl groups is 1. The van der Waals surface area contributed by atoms with Gasteiger partial charge in [-0.15, -0.1) is 0 Å². The molecule has 0 saturated heterocycles. The van der Waals surface area contributed by atoms with Gasteiger partial charge < -0.3 is 9.67 Å². The number of hydrogen-bond donors (Lipinski definition) is 1. The monoisotopic (exact) mass is 336 g/mol. The maximum absolute atomic E-state index is 11.1. The van der Waals surface area contributed by atoms with Crippen molar-refractivity contribution in [2.24, 2.45) is 23.7 Å². The summed E-state index contributed by atoms with van der Waals surface area (Å²) in [7, 11) is 0. The Balaban J connectivity index is 1.36. The van der Waals surface area contributed by atoms with E-state index in [1.807, 2.05) is 12.5 Å². The minimum absolute atomic E-state index is 0.204. The Kier molecular flexibility index (Phi) is 3.74. The van der Waals surface area contributed by atoms with Crippen LogP contribution in [0.2, 0.25) is 0 Å². The van der Waals surface area contributed by atoms with Gasteiger partial charge in [-0.3, -0.25) is 0 Å². The molecule has 2 bridgehead atoms. The van der Waals surface area contributed by atoms with Crippen molar-refractivity contribution in [3.63, 3.8) is 0 Å². The molecule has 0 spiro atoms. The molecule has 2 fully saturated rings. The highest BCUT2D eigenvalue weighted by atomic mass is 16.3. The first-order valence-corrected chi connectivity index (χ1v) is 9.98. The third-order valence-electron chi connectivity index (χ3n) is 7.02. The molecule has 2 aliphatic carbocycles. The molecule has 3 aliphatic rings. The topological polar surface area (TPSA) is 38.1 Å². The molecular formula is C22H28N2O. The second kappa shape index (κ2) is 5.98. The molecule has 0 amide bonds. The van der Waals surface area contributed by atoms with Gasteiger partial charge in [0, 0.05) is 5.56 Å². The largest absolute Gasteiger partial charge is 0.393 e. The van der Waals surface area contributed by atoms with Crippen LogP contribution in [0.3, 0.4) is 0 Å². The van der Waals surface area contributed by atoms with E-state index in [0.717, 1.165) is 24.2 Å². The molecule has 25 heavy (non-hydrogen) atoms. The summed E-state index contributed by atoms with van der Waals surface area (Å²) < 4.78 is 2.26. The molecule has 0 radical (unpaired) electrons. The average Bonchev–Trinajstić information content (AvgIpc) is 3.17. The summed E-state index contributed by atoms with van der Waals surface area (Å²) in [6.07, 6.45) is 11.1. The molecule has 1 aromatic heterocycles. The minimum atomic E-state index is -0.204. The van der Waals surface area contributed by atoms with Crippen LogP contribution in [-0.4, -0.2) is 20.8 Å². The van der Waals surface area contributed by atoms with Gasteiger partial charge in [-0.25, -0.2) is 4.98 Å². The Labute approximate surface area is 150 Å². The first-order valence-electron chi connectivity index (χ1n) is 9.98. The smallest absolute Gasteiger partial charge is 0.0956 e.